The number of carbonyl (C=O) groups is 2. The fraction of sp³-hybridized carbons (Fsp3) is 0.625. The quantitative estimate of drug-likeness (QED) is 0.452. The van der Waals surface area contributed by atoms with Gasteiger partial charge in [-0.3, -0.25) is 4.79 Å². The second-order valence-corrected chi connectivity index (χ2v) is 5.98. The van der Waals surface area contributed by atoms with Crippen LogP contribution in [-0.4, -0.2) is 25.2 Å². The lowest BCUT2D eigenvalue weighted by Crippen LogP contribution is -2.43. The summed E-state index contributed by atoms with van der Waals surface area (Å²) in [6.45, 7) is 9.89. The minimum atomic E-state index is -0.431. The molecule has 2 rings (SSSR count). The molecular weight excluding hydrogens is 256 g/mol. The van der Waals surface area contributed by atoms with E-state index in [1.54, 1.807) is 0 Å². The summed E-state index contributed by atoms with van der Waals surface area (Å²) in [5.41, 5.74) is 0.134. The molecule has 0 radical (unpaired) electrons. The van der Waals surface area contributed by atoms with Crippen molar-refractivity contribution < 1.29 is 19.1 Å². The van der Waals surface area contributed by atoms with Gasteiger partial charge in [0.1, 0.15) is 6.10 Å². The summed E-state index contributed by atoms with van der Waals surface area (Å²) in [5.74, 6) is -1.03. The van der Waals surface area contributed by atoms with E-state index >= 15 is 0 Å². The first kappa shape index (κ1) is 14.8. The smallest absolute Gasteiger partial charge is 0.333 e. The molecule has 0 aromatic rings. The number of methoxy groups -OCH3 is 1. The molecule has 0 aromatic carbocycles. The molecule has 1 aliphatic heterocycles. The van der Waals surface area contributed by atoms with E-state index in [2.05, 4.69) is 32.6 Å². The number of hydrogen-bond acceptors (Lipinski definition) is 4. The van der Waals surface area contributed by atoms with Crippen molar-refractivity contribution in [3.8, 4) is 0 Å². The Hall–Kier alpha value is -1.58. The molecule has 0 N–H and O–H groups in total. The zero-order chi connectivity index (χ0) is 15.1. The third kappa shape index (κ3) is 2.07. The Bertz CT molecular complexity index is 479. The van der Waals surface area contributed by atoms with Crippen LogP contribution in [0.4, 0.5) is 0 Å². The number of ether oxygens (including phenoxy) is 2. The second-order valence-electron chi connectivity index (χ2n) is 5.98. The molecule has 110 valence electrons. The maximum Gasteiger partial charge on any atom is 0.333 e. The average molecular weight is 278 g/mol. The standard InChI is InChI=1S/C16H22O4/c1-6-16(4)8-7-11-9(2)15(18)20-13(11)12(16)10(3)14(17)19-5/h7-9,11-13H,3,6H2,1-2,4-5H3/t9-,11-,12+,13-,16+/m0/s1. The molecule has 0 bridgehead atoms. The largest absolute Gasteiger partial charge is 0.466 e. The molecule has 0 spiro atoms. The molecule has 4 heteroatoms. The number of carbonyl (C=O) groups excluding carboxylic acids is 2. The highest BCUT2D eigenvalue weighted by atomic mass is 16.6. The zero-order valence-corrected chi connectivity index (χ0v) is 12.5. The number of rotatable bonds is 3. The van der Waals surface area contributed by atoms with Crippen molar-refractivity contribution in [3.63, 3.8) is 0 Å². The fourth-order valence-electron chi connectivity index (χ4n) is 3.33. The van der Waals surface area contributed by atoms with Gasteiger partial charge in [0.25, 0.3) is 0 Å². The molecule has 5 atom stereocenters. The van der Waals surface area contributed by atoms with Gasteiger partial charge in [0, 0.05) is 17.4 Å². The van der Waals surface area contributed by atoms with Gasteiger partial charge in [0.05, 0.1) is 13.0 Å². The molecule has 0 aromatic heterocycles. The van der Waals surface area contributed by atoms with Crippen molar-refractivity contribution in [2.75, 3.05) is 7.11 Å². The van der Waals surface area contributed by atoms with Crippen molar-refractivity contribution in [3.05, 3.63) is 24.3 Å². The number of esters is 2. The van der Waals surface area contributed by atoms with Crippen LogP contribution in [0.2, 0.25) is 0 Å². The highest BCUT2D eigenvalue weighted by Crippen LogP contribution is 2.50. The Morgan fingerprint density at radius 1 is 1.55 bits per heavy atom. The van der Waals surface area contributed by atoms with E-state index in [-0.39, 0.29) is 35.2 Å². The third-order valence-electron chi connectivity index (χ3n) is 4.90. The first-order valence-corrected chi connectivity index (χ1v) is 7.02. The topological polar surface area (TPSA) is 52.6 Å². The van der Waals surface area contributed by atoms with Crippen LogP contribution in [0.5, 0.6) is 0 Å². The molecular formula is C16H22O4. The second kappa shape index (κ2) is 5.08. The Kier molecular flexibility index (Phi) is 3.76. The van der Waals surface area contributed by atoms with Crippen LogP contribution in [0.1, 0.15) is 27.2 Å². The van der Waals surface area contributed by atoms with Crippen LogP contribution < -0.4 is 0 Å². The molecule has 2 aliphatic rings. The lowest BCUT2D eigenvalue weighted by molar-refractivity contribution is -0.148. The monoisotopic (exact) mass is 278 g/mol. The van der Waals surface area contributed by atoms with Crippen molar-refractivity contribution in [1.29, 1.82) is 0 Å². The minimum Gasteiger partial charge on any atom is -0.466 e. The number of allylic oxidation sites excluding steroid dienone is 1. The van der Waals surface area contributed by atoms with Gasteiger partial charge in [0.15, 0.2) is 0 Å². The summed E-state index contributed by atoms with van der Waals surface area (Å²) in [6, 6.07) is 0. The van der Waals surface area contributed by atoms with Gasteiger partial charge in [-0.05, 0) is 11.8 Å². The van der Waals surface area contributed by atoms with E-state index in [0.717, 1.165) is 6.42 Å². The maximum absolute atomic E-state index is 11.9. The predicted molar refractivity (Wildman–Crippen MR) is 74.7 cm³/mol. The maximum atomic E-state index is 11.9. The Labute approximate surface area is 119 Å². The molecule has 1 fully saturated rings. The summed E-state index contributed by atoms with van der Waals surface area (Å²) < 4.78 is 10.3. The minimum absolute atomic E-state index is 0.00790. The Morgan fingerprint density at radius 2 is 2.20 bits per heavy atom. The molecule has 0 unspecified atom stereocenters. The highest BCUT2D eigenvalue weighted by molar-refractivity contribution is 5.89. The van der Waals surface area contributed by atoms with Gasteiger partial charge >= 0.3 is 11.9 Å². The zero-order valence-electron chi connectivity index (χ0n) is 12.5. The molecule has 1 heterocycles. The lowest BCUT2D eigenvalue weighted by Gasteiger charge is -2.42. The first-order valence-electron chi connectivity index (χ1n) is 7.02. The molecule has 1 saturated heterocycles. The van der Waals surface area contributed by atoms with Gasteiger partial charge in [-0.2, -0.15) is 0 Å². The van der Waals surface area contributed by atoms with Crippen LogP contribution in [0.25, 0.3) is 0 Å². The van der Waals surface area contributed by atoms with Crippen molar-refractivity contribution in [2.24, 2.45) is 23.2 Å². The van der Waals surface area contributed by atoms with E-state index in [4.69, 9.17) is 9.47 Å². The third-order valence-corrected chi connectivity index (χ3v) is 4.90. The van der Waals surface area contributed by atoms with Gasteiger partial charge in [-0.1, -0.05) is 39.5 Å². The lowest BCUT2D eigenvalue weighted by atomic mass is 9.62. The van der Waals surface area contributed by atoms with Crippen LogP contribution in [-0.2, 0) is 19.1 Å². The van der Waals surface area contributed by atoms with Crippen LogP contribution in [0.3, 0.4) is 0 Å². The van der Waals surface area contributed by atoms with Crippen LogP contribution in [0.15, 0.2) is 24.3 Å². The highest BCUT2D eigenvalue weighted by Gasteiger charge is 2.53. The van der Waals surface area contributed by atoms with E-state index < -0.39 is 5.97 Å². The summed E-state index contributed by atoms with van der Waals surface area (Å²) in [5, 5.41) is 0. The molecule has 1 aliphatic carbocycles. The Morgan fingerprint density at radius 3 is 2.75 bits per heavy atom. The average Bonchev–Trinajstić information content (AvgIpc) is 2.72. The molecule has 4 nitrogen and oxygen atoms in total. The van der Waals surface area contributed by atoms with E-state index in [1.807, 2.05) is 6.92 Å². The first-order chi connectivity index (χ1) is 9.35. The predicted octanol–water partition coefficient (Wildman–Crippen LogP) is 2.50. The van der Waals surface area contributed by atoms with E-state index in [0.29, 0.717) is 5.57 Å². The van der Waals surface area contributed by atoms with Crippen LogP contribution in [0, 0.1) is 23.2 Å². The van der Waals surface area contributed by atoms with Gasteiger partial charge in [-0.15, -0.1) is 0 Å². The molecule has 0 amide bonds. The molecule has 0 saturated carbocycles. The van der Waals surface area contributed by atoms with Gasteiger partial charge < -0.3 is 9.47 Å². The summed E-state index contributed by atoms with van der Waals surface area (Å²) >= 11 is 0. The number of hydrogen-bond donors (Lipinski definition) is 0. The summed E-state index contributed by atoms with van der Waals surface area (Å²) in [7, 11) is 1.34. The Balaban J connectivity index is 2.43. The van der Waals surface area contributed by atoms with Crippen LogP contribution >= 0.6 is 0 Å². The van der Waals surface area contributed by atoms with Crippen molar-refractivity contribution in [2.45, 2.75) is 33.3 Å². The van der Waals surface area contributed by atoms with Gasteiger partial charge in [-0.25, -0.2) is 4.79 Å². The summed E-state index contributed by atoms with van der Waals surface area (Å²) in [6.07, 6.45) is 4.68. The van der Waals surface area contributed by atoms with Crippen molar-refractivity contribution >= 4 is 11.9 Å². The fourth-order valence-corrected chi connectivity index (χ4v) is 3.33. The normalized spacial score (nSPS) is 39.1. The van der Waals surface area contributed by atoms with E-state index in [9.17, 15) is 9.59 Å². The van der Waals surface area contributed by atoms with Crippen molar-refractivity contribution in [1.82, 2.24) is 0 Å². The number of fused-ring (bicyclic) bond motifs is 1. The summed E-state index contributed by atoms with van der Waals surface area (Å²) in [4.78, 5) is 23.7. The van der Waals surface area contributed by atoms with Gasteiger partial charge in [0.2, 0.25) is 0 Å². The SMILES string of the molecule is C=C(C(=O)OC)[C@@H]1[C@H]2OC(=O)[C@@H](C)[C@@H]2C=C[C@@]1(C)CC. The van der Waals surface area contributed by atoms with E-state index in [1.165, 1.54) is 7.11 Å². The molecule has 20 heavy (non-hydrogen) atoms.